The minimum absolute atomic E-state index is 0.247. The van der Waals surface area contributed by atoms with E-state index in [1.165, 1.54) is 0 Å². The minimum atomic E-state index is -1.23. The lowest BCUT2D eigenvalue weighted by molar-refractivity contribution is 0.0987. The molecule has 1 aromatic rings. The van der Waals surface area contributed by atoms with Crippen LogP contribution in [0.5, 0.6) is 0 Å². The predicted molar refractivity (Wildman–Crippen MR) is 59.5 cm³/mol. The van der Waals surface area contributed by atoms with Gasteiger partial charge in [-0.3, -0.25) is 4.79 Å². The second-order valence-electron chi connectivity index (χ2n) is 2.71. The normalized spacial score (nSPS) is 9.73. The van der Waals surface area contributed by atoms with E-state index in [9.17, 15) is 9.59 Å². The highest BCUT2D eigenvalue weighted by Crippen LogP contribution is 2.23. The third-order valence-electron chi connectivity index (χ3n) is 1.64. The zero-order valence-corrected chi connectivity index (χ0v) is 9.80. The SMILES string of the molecule is O=C(O)NCC(=O)c1ccc(Cl)c(Br)c1. The van der Waals surface area contributed by atoms with Gasteiger partial charge in [0.2, 0.25) is 0 Å². The van der Waals surface area contributed by atoms with Gasteiger partial charge in [-0.2, -0.15) is 0 Å². The first-order valence-corrected chi connectivity index (χ1v) is 5.13. The van der Waals surface area contributed by atoms with Crippen molar-refractivity contribution in [3.8, 4) is 0 Å². The molecule has 15 heavy (non-hydrogen) atoms. The molecule has 1 aromatic carbocycles. The number of hydrogen-bond donors (Lipinski definition) is 2. The van der Waals surface area contributed by atoms with E-state index in [1.54, 1.807) is 18.2 Å². The van der Waals surface area contributed by atoms with Crippen molar-refractivity contribution in [2.45, 2.75) is 0 Å². The predicted octanol–water partition coefficient (Wildman–Crippen LogP) is 2.55. The van der Waals surface area contributed by atoms with E-state index < -0.39 is 6.09 Å². The molecule has 0 bridgehead atoms. The Morgan fingerprint density at radius 3 is 2.67 bits per heavy atom. The summed E-state index contributed by atoms with van der Waals surface area (Å²) in [6.45, 7) is -0.247. The second-order valence-corrected chi connectivity index (χ2v) is 3.97. The summed E-state index contributed by atoms with van der Waals surface area (Å²) in [7, 11) is 0. The van der Waals surface area contributed by atoms with Crippen LogP contribution in [-0.2, 0) is 0 Å². The van der Waals surface area contributed by atoms with E-state index in [-0.39, 0.29) is 12.3 Å². The van der Waals surface area contributed by atoms with Crippen molar-refractivity contribution in [3.05, 3.63) is 33.3 Å². The van der Waals surface area contributed by atoms with Gasteiger partial charge in [-0.15, -0.1) is 0 Å². The molecule has 0 aromatic heterocycles. The van der Waals surface area contributed by atoms with Crippen LogP contribution >= 0.6 is 27.5 Å². The maximum absolute atomic E-state index is 11.4. The summed E-state index contributed by atoms with van der Waals surface area (Å²) in [5.41, 5.74) is 0.403. The van der Waals surface area contributed by atoms with Gasteiger partial charge in [-0.25, -0.2) is 4.79 Å². The Morgan fingerprint density at radius 2 is 2.13 bits per heavy atom. The van der Waals surface area contributed by atoms with Gasteiger partial charge in [0.1, 0.15) is 0 Å². The molecular formula is C9H7BrClNO3. The molecule has 2 N–H and O–H groups in total. The van der Waals surface area contributed by atoms with Gasteiger partial charge in [0.25, 0.3) is 0 Å². The number of carbonyl (C=O) groups is 2. The van der Waals surface area contributed by atoms with E-state index in [1.807, 2.05) is 5.32 Å². The van der Waals surface area contributed by atoms with Gasteiger partial charge in [0.15, 0.2) is 5.78 Å². The van der Waals surface area contributed by atoms with Gasteiger partial charge in [0.05, 0.1) is 11.6 Å². The molecular weight excluding hydrogens is 285 g/mol. The third kappa shape index (κ3) is 3.53. The number of halogens is 2. The molecule has 0 heterocycles. The number of nitrogens with one attached hydrogen (secondary N) is 1. The van der Waals surface area contributed by atoms with Crippen molar-refractivity contribution in [2.75, 3.05) is 6.54 Å². The van der Waals surface area contributed by atoms with Crippen LogP contribution in [0.2, 0.25) is 5.02 Å². The quantitative estimate of drug-likeness (QED) is 0.841. The molecule has 0 unspecified atom stereocenters. The first-order valence-electron chi connectivity index (χ1n) is 3.95. The molecule has 0 aliphatic rings. The summed E-state index contributed by atoms with van der Waals surface area (Å²) in [6, 6.07) is 4.66. The summed E-state index contributed by atoms with van der Waals surface area (Å²) in [5, 5.41) is 10.8. The molecule has 0 saturated carbocycles. The van der Waals surface area contributed by atoms with Crippen molar-refractivity contribution < 1.29 is 14.7 Å². The number of rotatable bonds is 3. The molecule has 80 valence electrons. The van der Waals surface area contributed by atoms with Crippen LogP contribution in [0.25, 0.3) is 0 Å². The topological polar surface area (TPSA) is 66.4 Å². The Kier molecular flexibility index (Phi) is 4.11. The Bertz CT molecular complexity index is 408. The fourth-order valence-corrected chi connectivity index (χ4v) is 1.42. The van der Waals surface area contributed by atoms with E-state index in [2.05, 4.69) is 15.9 Å². The molecule has 0 saturated heterocycles. The molecule has 1 rings (SSSR count). The number of Topliss-reactive ketones (excluding diaryl/α,β-unsaturated/α-hetero) is 1. The summed E-state index contributed by atoms with van der Waals surface area (Å²) in [5.74, 6) is -0.310. The molecule has 0 fully saturated rings. The van der Waals surface area contributed by atoms with E-state index >= 15 is 0 Å². The average molecular weight is 293 g/mol. The molecule has 1 amide bonds. The molecule has 0 aliphatic heterocycles. The minimum Gasteiger partial charge on any atom is -0.465 e. The summed E-state index contributed by atoms with van der Waals surface area (Å²) < 4.78 is 0.602. The first-order chi connectivity index (χ1) is 7.00. The number of benzene rings is 1. The van der Waals surface area contributed by atoms with Crippen molar-refractivity contribution in [3.63, 3.8) is 0 Å². The highest BCUT2D eigenvalue weighted by atomic mass is 79.9. The Hall–Kier alpha value is -1.07. The van der Waals surface area contributed by atoms with Gasteiger partial charge in [-0.05, 0) is 34.1 Å². The number of carboxylic acid groups (broad SMARTS) is 1. The van der Waals surface area contributed by atoms with Crippen LogP contribution in [0, 0.1) is 0 Å². The molecule has 0 atom stereocenters. The zero-order valence-electron chi connectivity index (χ0n) is 7.46. The van der Waals surface area contributed by atoms with Crippen LogP contribution in [0.3, 0.4) is 0 Å². The smallest absolute Gasteiger partial charge is 0.405 e. The number of hydrogen-bond acceptors (Lipinski definition) is 2. The monoisotopic (exact) mass is 291 g/mol. The molecule has 0 radical (unpaired) electrons. The fourth-order valence-electron chi connectivity index (χ4n) is 0.928. The van der Waals surface area contributed by atoms with E-state index in [4.69, 9.17) is 16.7 Å². The first kappa shape index (κ1) is 12.0. The van der Waals surface area contributed by atoms with Crippen molar-refractivity contribution in [2.24, 2.45) is 0 Å². The van der Waals surface area contributed by atoms with Crippen LogP contribution in [-0.4, -0.2) is 23.5 Å². The van der Waals surface area contributed by atoms with Crippen LogP contribution in [0.15, 0.2) is 22.7 Å². The average Bonchev–Trinajstić information content (AvgIpc) is 2.18. The number of amides is 1. The Balaban J connectivity index is 2.74. The highest BCUT2D eigenvalue weighted by molar-refractivity contribution is 9.10. The Labute approximate surface area is 99.4 Å². The maximum atomic E-state index is 11.4. The number of ketones is 1. The van der Waals surface area contributed by atoms with E-state index in [0.29, 0.717) is 15.1 Å². The lowest BCUT2D eigenvalue weighted by atomic mass is 10.1. The van der Waals surface area contributed by atoms with Crippen molar-refractivity contribution in [1.29, 1.82) is 0 Å². The van der Waals surface area contributed by atoms with Crippen LogP contribution in [0.1, 0.15) is 10.4 Å². The van der Waals surface area contributed by atoms with Gasteiger partial charge in [-0.1, -0.05) is 11.6 Å². The van der Waals surface area contributed by atoms with Crippen LogP contribution in [0.4, 0.5) is 4.79 Å². The second kappa shape index (κ2) is 5.14. The molecule has 0 aliphatic carbocycles. The summed E-state index contributed by atoms with van der Waals surface area (Å²) >= 11 is 8.92. The van der Waals surface area contributed by atoms with Gasteiger partial charge < -0.3 is 10.4 Å². The third-order valence-corrected chi connectivity index (χ3v) is 2.86. The lowest BCUT2D eigenvalue weighted by Crippen LogP contribution is -2.27. The van der Waals surface area contributed by atoms with Crippen LogP contribution < -0.4 is 5.32 Å². The van der Waals surface area contributed by atoms with Crippen molar-refractivity contribution in [1.82, 2.24) is 5.32 Å². The summed E-state index contributed by atoms with van der Waals surface area (Å²) in [4.78, 5) is 21.6. The summed E-state index contributed by atoms with van der Waals surface area (Å²) in [6.07, 6.45) is -1.23. The Morgan fingerprint density at radius 1 is 1.47 bits per heavy atom. The van der Waals surface area contributed by atoms with Gasteiger partial charge >= 0.3 is 6.09 Å². The van der Waals surface area contributed by atoms with Crippen molar-refractivity contribution >= 4 is 39.4 Å². The lowest BCUT2D eigenvalue weighted by Gasteiger charge is -2.02. The largest absolute Gasteiger partial charge is 0.465 e. The molecule has 0 spiro atoms. The fraction of sp³-hybridized carbons (Fsp3) is 0.111. The molecule has 4 nitrogen and oxygen atoms in total. The maximum Gasteiger partial charge on any atom is 0.405 e. The molecule has 6 heteroatoms. The van der Waals surface area contributed by atoms with E-state index in [0.717, 1.165) is 0 Å². The van der Waals surface area contributed by atoms with Gasteiger partial charge in [0, 0.05) is 10.0 Å². The standard InChI is InChI=1S/C9H7BrClNO3/c10-6-3-5(1-2-7(6)11)8(13)4-12-9(14)15/h1-3,12H,4H2,(H,14,15). The number of carbonyl (C=O) groups excluding carboxylic acids is 1. The zero-order chi connectivity index (χ0) is 11.4. The highest BCUT2D eigenvalue weighted by Gasteiger charge is 2.08.